The standard InChI is InChI=1S/C15H21N3O5S/c1-15(2,3)22-14(21)17-13-16-10(8-24-13)11(12(19)20)18-23-9-6-4-5-7-9/h8-9H,4-7H2,1-3H3,(H,19,20)(H,16,17,21). The van der Waals surface area contributed by atoms with Gasteiger partial charge in [0, 0.05) is 5.38 Å². The molecular weight excluding hydrogens is 334 g/mol. The van der Waals surface area contributed by atoms with Gasteiger partial charge in [-0.15, -0.1) is 11.3 Å². The highest BCUT2D eigenvalue weighted by molar-refractivity contribution is 7.14. The number of thiazole rings is 1. The van der Waals surface area contributed by atoms with E-state index in [1.54, 1.807) is 20.8 Å². The number of ether oxygens (including phenoxy) is 1. The molecule has 9 heteroatoms. The first-order valence-corrected chi connectivity index (χ1v) is 8.55. The average Bonchev–Trinajstić information content (AvgIpc) is 3.08. The van der Waals surface area contributed by atoms with Crippen LogP contribution in [0.15, 0.2) is 10.5 Å². The summed E-state index contributed by atoms with van der Waals surface area (Å²) in [5.41, 5.74) is -0.778. The third kappa shape index (κ3) is 5.48. The topological polar surface area (TPSA) is 110 Å². The molecule has 8 nitrogen and oxygen atoms in total. The highest BCUT2D eigenvalue weighted by Gasteiger charge is 2.22. The van der Waals surface area contributed by atoms with Crippen molar-refractivity contribution in [2.75, 3.05) is 5.32 Å². The fraction of sp³-hybridized carbons (Fsp3) is 0.600. The Labute approximate surface area is 143 Å². The highest BCUT2D eigenvalue weighted by atomic mass is 32.1. The van der Waals surface area contributed by atoms with Gasteiger partial charge in [-0.1, -0.05) is 5.16 Å². The minimum Gasteiger partial charge on any atom is -0.476 e. The SMILES string of the molecule is CC(C)(C)OC(=O)Nc1nc(C(=NOC2CCCC2)C(=O)O)cs1. The second kappa shape index (κ2) is 7.61. The largest absolute Gasteiger partial charge is 0.476 e. The molecule has 1 aromatic heterocycles. The van der Waals surface area contributed by atoms with Gasteiger partial charge in [-0.3, -0.25) is 5.32 Å². The number of nitrogens with zero attached hydrogens (tertiary/aromatic N) is 2. The van der Waals surface area contributed by atoms with Gasteiger partial charge in [0.1, 0.15) is 17.4 Å². The predicted molar refractivity (Wildman–Crippen MR) is 89.5 cm³/mol. The zero-order chi connectivity index (χ0) is 17.7. The van der Waals surface area contributed by atoms with Crippen molar-refractivity contribution in [2.45, 2.75) is 58.2 Å². The van der Waals surface area contributed by atoms with E-state index in [0.29, 0.717) is 0 Å². The van der Waals surface area contributed by atoms with Crippen molar-refractivity contribution in [3.63, 3.8) is 0 Å². The van der Waals surface area contributed by atoms with Gasteiger partial charge in [0.15, 0.2) is 5.13 Å². The van der Waals surface area contributed by atoms with Crippen LogP contribution in [-0.4, -0.2) is 39.6 Å². The maximum Gasteiger partial charge on any atom is 0.413 e. The fourth-order valence-corrected chi connectivity index (χ4v) is 2.83. The Kier molecular flexibility index (Phi) is 5.76. The summed E-state index contributed by atoms with van der Waals surface area (Å²) in [7, 11) is 0. The van der Waals surface area contributed by atoms with Gasteiger partial charge in [0.25, 0.3) is 0 Å². The third-order valence-corrected chi connectivity index (χ3v) is 3.91. The van der Waals surface area contributed by atoms with Crippen molar-refractivity contribution >= 4 is 34.2 Å². The van der Waals surface area contributed by atoms with E-state index in [1.165, 1.54) is 5.38 Å². The van der Waals surface area contributed by atoms with Crippen molar-refractivity contribution in [3.05, 3.63) is 11.1 Å². The molecule has 1 saturated carbocycles. The van der Waals surface area contributed by atoms with E-state index in [1.807, 2.05) is 0 Å². The molecular formula is C15H21N3O5S. The molecule has 2 rings (SSSR count). The molecule has 0 unspecified atom stereocenters. The second-order valence-electron chi connectivity index (χ2n) is 6.42. The maximum atomic E-state index is 11.7. The van der Waals surface area contributed by atoms with Crippen molar-refractivity contribution in [2.24, 2.45) is 5.16 Å². The predicted octanol–water partition coefficient (Wildman–Crippen LogP) is 3.24. The number of hydrogen-bond donors (Lipinski definition) is 2. The zero-order valence-corrected chi connectivity index (χ0v) is 14.7. The Balaban J connectivity index is 2.04. The second-order valence-corrected chi connectivity index (χ2v) is 7.28. The van der Waals surface area contributed by atoms with E-state index in [2.05, 4.69) is 15.5 Å². The minimum absolute atomic E-state index is 0.0441. The number of carboxylic acid groups (broad SMARTS) is 1. The smallest absolute Gasteiger partial charge is 0.413 e. The first-order chi connectivity index (χ1) is 11.2. The molecule has 1 fully saturated rings. The molecule has 0 bridgehead atoms. The number of carbonyl (C=O) groups excluding carboxylic acids is 1. The summed E-state index contributed by atoms with van der Waals surface area (Å²) in [5.74, 6) is -1.23. The Hall–Kier alpha value is -2.16. The molecule has 24 heavy (non-hydrogen) atoms. The minimum atomic E-state index is -1.23. The lowest BCUT2D eigenvalue weighted by atomic mass is 10.2. The Morgan fingerprint density at radius 2 is 2.04 bits per heavy atom. The Morgan fingerprint density at radius 1 is 1.38 bits per heavy atom. The van der Waals surface area contributed by atoms with E-state index in [4.69, 9.17) is 9.57 Å². The van der Waals surface area contributed by atoms with E-state index in [9.17, 15) is 14.7 Å². The van der Waals surface area contributed by atoms with Crippen LogP contribution in [0.1, 0.15) is 52.1 Å². The molecule has 0 spiro atoms. The van der Waals surface area contributed by atoms with E-state index in [-0.39, 0.29) is 22.6 Å². The van der Waals surface area contributed by atoms with Gasteiger partial charge in [0.2, 0.25) is 5.71 Å². The molecule has 1 heterocycles. The average molecular weight is 355 g/mol. The van der Waals surface area contributed by atoms with E-state index >= 15 is 0 Å². The van der Waals surface area contributed by atoms with Crippen molar-refractivity contribution < 1.29 is 24.3 Å². The number of hydrogen-bond acceptors (Lipinski definition) is 7. The first-order valence-electron chi connectivity index (χ1n) is 7.67. The normalized spacial score (nSPS) is 16.0. The van der Waals surface area contributed by atoms with Crippen LogP contribution in [0.25, 0.3) is 0 Å². The quantitative estimate of drug-likeness (QED) is 0.620. The Morgan fingerprint density at radius 3 is 2.62 bits per heavy atom. The van der Waals surface area contributed by atoms with Crippen LogP contribution in [0.2, 0.25) is 0 Å². The zero-order valence-electron chi connectivity index (χ0n) is 13.9. The molecule has 2 N–H and O–H groups in total. The van der Waals surface area contributed by atoms with Crippen LogP contribution in [0.5, 0.6) is 0 Å². The molecule has 132 valence electrons. The molecule has 0 aliphatic heterocycles. The maximum absolute atomic E-state index is 11.7. The summed E-state index contributed by atoms with van der Waals surface area (Å²) in [5, 5.41) is 17.2. The van der Waals surface area contributed by atoms with Crippen LogP contribution in [0.3, 0.4) is 0 Å². The summed E-state index contributed by atoms with van der Waals surface area (Å²) >= 11 is 1.08. The molecule has 0 aromatic carbocycles. The summed E-state index contributed by atoms with van der Waals surface area (Å²) in [6, 6.07) is 0. The lowest BCUT2D eigenvalue weighted by molar-refractivity contribution is -0.129. The molecule has 0 saturated heterocycles. The van der Waals surface area contributed by atoms with Crippen molar-refractivity contribution in [3.8, 4) is 0 Å². The Bertz CT molecular complexity index is 629. The number of aromatic nitrogens is 1. The van der Waals surface area contributed by atoms with Crippen LogP contribution < -0.4 is 5.32 Å². The highest BCUT2D eigenvalue weighted by Crippen LogP contribution is 2.22. The van der Waals surface area contributed by atoms with Gasteiger partial charge in [-0.2, -0.15) is 0 Å². The number of aliphatic carboxylic acids is 1. The fourth-order valence-electron chi connectivity index (χ4n) is 2.15. The van der Waals surface area contributed by atoms with Gasteiger partial charge < -0.3 is 14.7 Å². The number of amides is 1. The van der Waals surface area contributed by atoms with Gasteiger partial charge in [0.05, 0.1) is 0 Å². The number of rotatable bonds is 5. The van der Waals surface area contributed by atoms with Gasteiger partial charge in [-0.05, 0) is 46.5 Å². The van der Waals surface area contributed by atoms with Crippen LogP contribution in [0, 0.1) is 0 Å². The van der Waals surface area contributed by atoms with E-state index < -0.39 is 17.7 Å². The van der Waals surface area contributed by atoms with Gasteiger partial charge in [-0.25, -0.2) is 14.6 Å². The molecule has 1 aliphatic rings. The number of oxime groups is 1. The molecule has 0 radical (unpaired) electrons. The lowest BCUT2D eigenvalue weighted by Gasteiger charge is -2.18. The van der Waals surface area contributed by atoms with Gasteiger partial charge >= 0.3 is 12.1 Å². The monoisotopic (exact) mass is 355 g/mol. The van der Waals surface area contributed by atoms with Crippen LogP contribution >= 0.6 is 11.3 Å². The number of nitrogens with one attached hydrogen (secondary N) is 1. The summed E-state index contributed by atoms with van der Waals surface area (Å²) < 4.78 is 5.12. The number of carbonyl (C=O) groups is 2. The van der Waals surface area contributed by atoms with Crippen molar-refractivity contribution in [1.82, 2.24) is 4.98 Å². The third-order valence-electron chi connectivity index (χ3n) is 3.15. The molecule has 0 atom stereocenters. The lowest BCUT2D eigenvalue weighted by Crippen LogP contribution is -2.27. The number of anilines is 1. The van der Waals surface area contributed by atoms with Crippen LogP contribution in [0.4, 0.5) is 9.93 Å². The molecule has 1 aromatic rings. The number of carboxylic acids is 1. The van der Waals surface area contributed by atoms with E-state index in [0.717, 1.165) is 37.0 Å². The summed E-state index contributed by atoms with van der Waals surface area (Å²) in [6.07, 6.45) is 3.17. The van der Waals surface area contributed by atoms with Crippen molar-refractivity contribution in [1.29, 1.82) is 0 Å². The molecule has 1 aliphatic carbocycles. The molecule has 1 amide bonds. The summed E-state index contributed by atoms with van der Waals surface area (Å²) in [4.78, 5) is 32.4. The van der Waals surface area contributed by atoms with Crippen LogP contribution in [-0.2, 0) is 14.4 Å². The first kappa shape index (κ1) is 18.2. The summed E-state index contributed by atoms with van der Waals surface area (Å²) in [6.45, 7) is 5.24.